The lowest BCUT2D eigenvalue weighted by Crippen LogP contribution is -2.46. The maximum Gasteiger partial charge on any atom is 0.308 e. The summed E-state index contributed by atoms with van der Waals surface area (Å²) in [7, 11) is 6.60. The number of hydrogen-bond acceptors (Lipinski definition) is 4. The number of unbranched alkanes of at least 4 members (excludes halogenated alkanes) is 2. The highest BCUT2D eigenvalue weighted by molar-refractivity contribution is 5.79. The number of likely N-dealkylation sites (tertiary alicyclic amines) is 1. The molecule has 1 aromatic rings. The zero-order valence-electron chi connectivity index (χ0n) is 26.1. The minimum Gasteiger partial charge on any atom is -0.493 e. The van der Waals surface area contributed by atoms with E-state index >= 15 is 0 Å². The van der Waals surface area contributed by atoms with E-state index in [1.807, 2.05) is 30.0 Å². The summed E-state index contributed by atoms with van der Waals surface area (Å²) in [4.78, 5) is 30.9. The number of aliphatic carboxylic acids is 1. The van der Waals surface area contributed by atoms with Crippen molar-refractivity contribution in [2.24, 2.45) is 11.3 Å². The van der Waals surface area contributed by atoms with Gasteiger partial charge in [-0.25, -0.2) is 0 Å². The topological polar surface area (TPSA) is 70.1 Å². The summed E-state index contributed by atoms with van der Waals surface area (Å²) in [6.45, 7) is 12.6. The van der Waals surface area contributed by atoms with Gasteiger partial charge in [-0.15, -0.1) is 0 Å². The molecular weight excluding hydrogens is 502 g/mol. The fourth-order valence-electron chi connectivity index (χ4n) is 6.45. The second-order valence-electron chi connectivity index (χ2n) is 13.6. The van der Waals surface area contributed by atoms with Gasteiger partial charge in [0.25, 0.3) is 0 Å². The summed E-state index contributed by atoms with van der Waals surface area (Å²) >= 11 is 0. The van der Waals surface area contributed by atoms with Crippen LogP contribution in [0.3, 0.4) is 0 Å². The molecule has 224 valence electrons. The molecule has 0 radical (unpaired) electrons. The van der Waals surface area contributed by atoms with E-state index in [0.717, 1.165) is 73.1 Å². The minimum absolute atomic E-state index is 0.125. The lowest BCUT2D eigenvalue weighted by atomic mass is 9.77. The third kappa shape index (κ3) is 8.81. The molecule has 0 bridgehead atoms. The number of fused-ring (bicyclic) bond motifs is 1. The largest absolute Gasteiger partial charge is 0.493 e. The Balaban J connectivity index is 1.85. The second-order valence-corrected chi connectivity index (χ2v) is 13.6. The number of allylic oxidation sites excluding steroid dienone is 2. The molecular formula is C33H54N3O4+. The lowest BCUT2D eigenvalue weighted by molar-refractivity contribution is -0.870. The molecule has 0 aliphatic carbocycles. The normalized spacial score (nSPS) is 21.5. The number of ether oxygens (including phenoxy) is 1. The van der Waals surface area contributed by atoms with Crippen LogP contribution in [0.5, 0.6) is 5.75 Å². The third-order valence-electron chi connectivity index (χ3n) is 8.51. The van der Waals surface area contributed by atoms with E-state index in [1.165, 1.54) is 0 Å². The Morgan fingerprint density at radius 2 is 1.90 bits per heavy atom. The van der Waals surface area contributed by atoms with Crippen LogP contribution in [0.2, 0.25) is 0 Å². The predicted octanol–water partition coefficient (Wildman–Crippen LogP) is 5.20. The Morgan fingerprint density at radius 1 is 1.18 bits per heavy atom. The molecule has 7 heteroatoms. The fraction of sp³-hybridized carbons (Fsp3) is 0.697. The standard InChI is InChI=1S/C33H53N3O4/c1-8-10-17-34(18-11-12-19-36(5,6)7)30(37)24-35-23-27(25-13-14-29-26(21-25)15-20-40-29)31(32(38)39)28(35)22-33(3,4)16-9-2/h9,13-14,16,21,27-28,31H,8,10-12,15,17-20,22-24H2,1-7H3/p+1/b16-9+. The van der Waals surface area contributed by atoms with Crippen molar-refractivity contribution >= 4 is 11.9 Å². The smallest absolute Gasteiger partial charge is 0.308 e. The lowest BCUT2D eigenvalue weighted by Gasteiger charge is -2.34. The number of benzene rings is 1. The maximum absolute atomic E-state index is 13.8. The van der Waals surface area contributed by atoms with Crippen LogP contribution in [0.25, 0.3) is 0 Å². The maximum atomic E-state index is 13.8. The van der Waals surface area contributed by atoms with Gasteiger partial charge in [0.1, 0.15) is 5.75 Å². The number of carbonyl (C=O) groups excluding carboxylic acids is 1. The van der Waals surface area contributed by atoms with Crippen LogP contribution in [0.4, 0.5) is 0 Å². The molecule has 1 saturated heterocycles. The number of carboxylic acids is 1. The molecule has 2 aliphatic heterocycles. The van der Waals surface area contributed by atoms with Gasteiger partial charge in [-0.2, -0.15) is 0 Å². The van der Waals surface area contributed by atoms with Gasteiger partial charge in [-0.3, -0.25) is 14.5 Å². The molecule has 0 aromatic heterocycles. The number of amides is 1. The molecule has 2 aliphatic rings. The van der Waals surface area contributed by atoms with E-state index in [2.05, 4.69) is 59.0 Å². The molecule has 40 heavy (non-hydrogen) atoms. The summed E-state index contributed by atoms with van der Waals surface area (Å²) in [5.74, 6) is -0.494. The van der Waals surface area contributed by atoms with E-state index in [4.69, 9.17) is 4.74 Å². The van der Waals surface area contributed by atoms with E-state index in [0.29, 0.717) is 19.6 Å². The SMILES string of the molecule is C/C=C/C(C)(C)CC1C(C(=O)O)C(c2ccc3c(c2)CCO3)CN1CC(=O)N(CCCC)CCCC[N+](C)(C)C. The number of quaternary nitrogens is 1. The molecule has 0 spiro atoms. The number of carbonyl (C=O) groups is 2. The molecule has 7 nitrogen and oxygen atoms in total. The quantitative estimate of drug-likeness (QED) is 0.183. The van der Waals surface area contributed by atoms with Gasteiger partial charge in [0.15, 0.2) is 0 Å². The molecule has 1 aromatic carbocycles. The van der Waals surface area contributed by atoms with Crippen LogP contribution in [-0.4, -0.2) is 97.8 Å². The van der Waals surface area contributed by atoms with E-state index in [-0.39, 0.29) is 29.8 Å². The first kappa shape index (κ1) is 32.1. The number of rotatable bonds is 15. The summed E-state index contributed by atoms with van der Waals surface area (Å²) in [5.41, 5.74) is 2.02. The molecule has 3 atom stereocenters. The van der Waals surface area contributed by atoms with Crippen molar-refractivity contribution < 1.29 is 23.9 Å². The summed E-state index contributed by atoms with van der Waals surface area (Å²) < 4.78 is 6.63. The molecule has 1 N–H and O–H groups in total. The molecule has 3 unspecified atom stereocenters. The Bertz CT molecular complexity index is 1030. The molecule has 1 amide bonds. The first-order chi connectivity index (χ1) is 18.8. The molecule has 0 saturated carbocycles. The van der Waals surface area contributed by atoms with Crippen LogP contribution >= 0.6 is 0 Å². The highest BCUT2D eigenvalue weighted by Crippen LogP contribution is 2.43. The van der Waals surface area contributed by atoms with E-state index in [1.54, 1.807) is 0 Å². The van der Waals surface area contributed by atoms with Gasteiger partial charge in [0, 0.05) is 38.0 Å². The Morgan fingerprint density at radius 3 is 2.55 bits per heavy atom. The van der Waals surface area contributed by atoms with Crippen molar-refractivity contribution in [2.75, 3.05) is 60.5 Å². The molecule has 1 fully saturated rings. The number of hydrogen-bond donors (Lipinski definition) is 1. The zero-order valence-corrected chi connectivity index (χ0v) is 26.1. The number of nitrogens with zero attached hydrogens (tertiary/aromatic N) is 3. The summed E-state index contributed by atoms with van der Waals surface area (Å²) in [5, 5.41) is 10.6. The summed E-state index contributed by atoms with van der Waals surface area (Å²) in [6, 6.07) is 5.94. The van der Waals surface area contributed by atoms with Crippen molar-refractivity contribution in [2.45, 2.75) is 78.2 Å². The molecule has 2 heterocycles. The van der Waals surface area contributed by atoms with Gasteiger partial charge in [0.05, 0.1) is 46.8 Å². The van der Waals surface area contributed by atoms with E-state index in [9.17, 15) is 14.7 Å². The van der Waals surface area contributed by atoms with Gasteiger partial charge >= 0.3 is 5.97 Å². The van der Waals surface area contributed by atoms with Gasteiger partial charge in [-0.05, 0) is 55.2 Å². The Labute approximate surface area is 242 Å². The van der Waals surface area contributed by atoms with Crippen LogP contribution in [-0.2, 0) is 16.0 Å². The third-order valence-corrected chi connectivity index (χ3v) is 8.51. The number of carboxylic acid groups (broad SMARTS) is 1. The van der Waals surface area contributed by atoms with Crippen molar-refractivity contribution in [3.05, 3.63) is 41.5 Å². The first-order valence-corrected chi connectivity index (χ1v) is 15.3. The highest BCUT2D eigenvalue weighted by atomic mass is 16.5. The van der Waals surface area contributed by atoms with Crippen molar-refractivity contribution in [3.63, 3.8) is 0 Å². The van der Waals surface area contributed by atoms with Crippen LogP contribution in [0.1, 0.15) is 76.8 Å². The first-order valence-electron chi connectivity index (χ1n) is 15.3. The van der Waals surface area contributed by atoms with Crippen LogP contribution in [0, 0.1) is 11.3 Å². The monoisotopic (exact) mass is 556 g/mol. The van der Waals surface area contributed by atoms with Gasteiger partial charge in [-0.1, -0.05) is 51.5 Å². The minimum atomic E-state index is -0.777. The van der Waals surface area contributed by atoms with Gasteiger partial charge < -0.3 is 19.2 Å². The van der Waals surface area contributed by atoms with Crippen molar-refractivity contribution in [1.29, 1.82) is 0 Å². The van der Waals surface area contributed by atoms with Crippen molar-refractivity contribution in [3.8, 4) is 5.75 Å². The van der Waals surface area contributed by atoms with Crippen LogP contribution < -0.4 is 4.74 Å². The molecule has 3 rings (SSSR count). The fourth-order valence-corrected chi connectivity index (χ4v) is 6.45. The average Bonchev–Trinajstić information content (AvgIpc) is 3.46. The predicted molar refractivity (Wildman–Crippen MR) is 162 cm³/mol. The van der Waals surface area contributed by atoms with Crippen molar-refractivity contribution in [1.82, 2.24) is 9.80 Å². The van der Waals surface area contributed by atoms with E-state index < -0.39 is 11.9 Å². The highest BCUT2D eigenvalue weighted by Gasteiger charge is 2.48. The second kappa shape index (κ2) is 14.0. The summed E-state index contributed by atoms with van der Waals surface area (Å²) in [6.07, 6.45) is 9.83. The average molecular weight is 557 g/mol. The van der Waals surface area contributed by atoms with Crippen LogP contribution in [0.15, 0.2) is 30.4 Å². The zero-order chi connectivity index (χ0) is 29.5. The Kier molecular flexibility index (Phi) is 11.2. The van der Waals surface area contributed by atoms with Gasteiger partial charge in [0.2, 0.25) is 5.91 Å². The Hall–Kier alpha value is -2.38.